The zero-order valence-corrected chi connectivity index (χ0v) is 15.1. The van der Waals surface area contributed by atoms with E-state index in [4.69, 9.17) is 16.3 Å². The van der Waals surface area contributed by atoms with Crippen LogP contribution < -0.4 is 0 Å². The number of likely N-dealkylation sites (tertiary alicyclic amines) is 1. The summed E-state index contributed by atoms with van der Waals surface area (Å²) in [6.45, 7) is 4.61. The number of hydrogen-bond acceptors (Lipinski definition) is 4. The van der Waals surface area contributed by atoms with Crippen LogP contribution in [-0.2, 0) is 21.1 Å². The third kappa shape index (κ3) is 4.20. The molecule has 144 valence electrons. The van der Waals surface area contributed by atoms with E-state index >= 15 is 0 Å². The Kier molecular flexibility index (Phi) is 5.15. The number of rotatable bonds is 2. The van der Waals surface area contributed by atoms with Gasteiger partial charge in [0.25, 0.3) is 0 Å². The van der Waals surface area contributed by atoms with Crippen molar-refractivity contribution in [2.45, 2.75) is 44.4 Å². The van der Waals surface area contributed by atoms with Gasteiger partial charge in [0, 0.05) is 13.1 Å². The predicted octanol–water partition coefficient (Wildman–Crippen LogP) is 3.72. The van der Waals surface area contributed by atoms with Gasteiger partial charge in [0.2, 0.25) is 0 Å². The lowest BCUT2D eigenvalue weighted by Crippen LogP contribution is -2.42. The number of halogens is 4. The quantitative estimate of drug-likeness (QED) is 0.773. The van der Waals surface area contributed by atoms with Crippen molar-refractivity contribution in [3.05, 3.63) is 28.5 Å². The number of hydrogen-bond donors (Lipinski definition) is 1. The average molecular weight is 395 g/mol. The molecule has 1 aliphatic rings. The molecule has 1 unspecified atom stereocenters. The Hall–Kier alpha value is -2.03. The van der Waals surface area contributed by atoms with E-state index < -0.39 is 40.0 Å². The molecule has 1 aliphatic heterocycles. The van der Waals surface area contributed by atoms with Crippen LogP contribution in [0.3, 0.4) is 0 Å². The summed E-state index contributed by atoms with van der Waals surface area (Å²) in [6, 6.07) is 1.29. The van der Waals surface area contributed by atoms with E-state index in [0.717, 1.165) is 4.90 Å². The Morgan fingerprint density at radius 3 is 2.42 bits per heavy atom. The number of carbonyl (C=O) groups excluding carboxylic acids is 1. The predicted molar refractivity (Wildman–Crippen MR) is 86.0 cm³/mol. The number of carboxylic acids is 1. The van der Waals surface area contributed by atoms with Gasteiger partial charge < -0.3 is 14.7 Å². The second kappa shape index (κ2) is 6.61. The first-order valence-corrected chi connectivity index (χ1v) is 8.09. The van der Waals surface area contributed by atoms with Gasteiger partial charge in [-0.3, -0.25) is 4.79 Å². The van der Waals surface area contributed by atoms with Crippen molar-refractivity contribution in [3.8, 4) is 0 Å². The normalized spacial score (nSPS) is 21.0. The Balaban J connectivity index is 2.40. The van der Waals surface area contributed by atoms with Gasteiger partial charge in [0.1, 0.15) is 16.2 Å². The zero-order chi connectivity index (χ0) is 19.9. The monoisotopic (exact) mass is 394 g/mol. The highest BCUT2D eigenvalue weighted by atomic mass is 35.5. The molecule has 0 aliphatic carbocycles. The van der Waals surface area contributed by atoms with Crippen molar-refractivity contribution in [2.75, 3.05) is 13.1 Å². The fourth-order valence-corrected chi connectivity index (χ4v) is 2.90. The van der Waals surface area contributed by atoms with Gasteiger partial charge in [-0.05, 0) is 39.3 Å². The Labute approximate surface area is 152 Å². The number of pyridine rings is 1. The summed E-state index contributed by atoms with van der Waals surface area (Å²) in [5.41, 5.74) is -4.01. The number of aromatic nitrogens is 1. The smallest absolute Gasteiger partial charge is 0.416 e. The molecule has 1 N–H and O–H groups in total. The minimum Gasteiger partial charge on any atom is -0.480 e. The largest absolute Gasteiger partial charge is 0.480 e. The number of amides is 1. The van der Waals surface area contributed by atoms with Crippen LogP contribution in [0.25, 0.3) is 0 Å². The number of carbonyl (C=O) groups is 2. The summed E-state index contributed by atoms with van der Waals surface area (Å²) in [5.74, 6) is -1.38. The number of ether oxygens (including phenoxy) is 1. The molecule has 0 spiro atoms. The SMILES string of the molecule is CC(C)(C)OC(=O)N1CCC(C(=O)O)(c2cc(C(F)(F)F)cc(Cl)n2)C1. The van der Waals surface area contributed by atoms with Crippen LogP contribution in [0.5, 0.6) is 0 Å². The molecule has 6 nitrogen and oxygen atoms in total. The number of carboxylic acid groups (broad SMARTS) is 1. The maximum atomic E-state index is 13.0. The fourth-order valence-electron chi connectivity index (χ4n) is 2.69. The van der Waals surface area contributed by atoms with Crippen molar-refractivity contribution >= 4 is 23.7 Å². The maximum absolute atomic E-state index is 13.0. The van der Waals surface area contributed by atoms with E-state index in [1.807, 2.05) is 0 Å². The van der Waals surface area contributed by atoms with Crippen LogP contribution in [0.15, 0.2) is 12.1 Å². The lowest BCUT2D eigenvalue weighted by molar-refractivity contribution is -0.144. The fraction of sp³-hybridized carbons (Fsp3) is 0.562. The van der Waals surface area contributed by atoms with Gasteiger partial charge in [-0.2, -0.15) is 13.2 Å². The number of aliphatic carboxylic acids is 1. The molecule has 1 saturated heterocycles. The van der Waals surface area contributed by atoms with E-state index in [1.54, 1.807) is 20.8 Å². The van der Waals surface area contributed by atoms with E-state index in [9.17, 15) is 27.9 Å². The highest BCUT2D eigenvalue weighted by Gasteiger charge is 2.50. The van der Waals surface area contributed by atoms with Gasteiger partial charge >= 0.3 is 18.2 Å². The summed E-state index contributed by atoms with van der Waals surface area (Å²) >= 11 is 5.68. The van der Waals surface area contributed by atoms with E-state index in [1.165, 1.54) is 0 Å². The van der Waals surface area contributed by atoms with Gasteiger partial charge in [-0.15, -0.1) is 0 Å². The van der Waals surface area contributed by atoms with Crippen LogP contribution in [0.1, 0.15) is 38.4 Å². The van der Waals surface area contributed by atoms with E-state index in [0.29, 0.717) is 12.1 Å². The summed E-state index contributed by atoms with van der Waals surface area (Å²) in [6.07, 6.45) is -5.55. The van der Waals surface area contributed by atoms with Crippen molar-refractivity contribution < 1.29 is 32.6 Å². The molecule has 1 atom stereocenters. The molecule has 0 radical (unpaired) electrons. The Bertz CT molecular complexity index is 733. The standard InChI is InChI=1S/C16H18ClF3N2O4/c1-14(2,3)26-13(25)22-5-4-15(8-22,12(23)24)10-6-9(16(18,19)20)7-11(17)21-10/h6-7H,4-5,8H2,1-3H3,(H,23,24). The molecule has 26 heavy (non-hydrogen) atoms. The third-order valence-corrected chi connectivity index (χ3v) is 4.14. The van der Waals surface area contributed by atoms with Crippen LogP contribution in [0.4, 0.5) is 18.0 Å². The van der Waals surface area contributed by atoms with E-state index in [-0.39, 0.29) is 25.2 Å². The molecular formula is C16H18ClF3N2O4. The molecule has 0 bridgehead atoms. The van der Waals surface area contributed by atoms with Gasteiger partial charge in [-0.25, -0.2) is 9.78 Å². The molecule has 10 heteroatoms. The Morgan fingerprint density at radius 2 is 1.92 bits per heavy atom. The van der Waals surface area contributed by atoms with Gasteiger partial charge in [-0.1, -0.05) is 11.6 Å². The summed E-state index contributed by atoms with van der Waals surface area (Å²) < 4.78 is 44.3. The summed E-state index contributed by atoms with van der Waals surface area (Å²) in [5, 5.41) is 9.22. The molecule has 1 aromatic rings. The second-order valence-electron chi connectivity index (χ2n) is 7.10. The minimum atomic E-state index is -4.70. The Morgan fingerprint density at radius 1 is 1.31 bits per heavy atom. The highest BCUT2D eigenvalue weighted by molar-refractivity contribution is 6.29. The van der Waals surface area contributed by atoms with Crippen molar-refractivity contribution in [1.29, 1.82) is 0 Å². The molecular weight excluding hydrogens is 377 g/mol. The second-order valence-corrected chi connectivity index (χ2v) is 7.49. The first-order valence-electron chi connectivity index (χ1n) is 7.71. The molecule has 0 aromatic carbocycles. The molecule has 1 aromatic heterocycles. The topological polar surface area (TPSA) is 79.7 Å². The minimum absolute atomic E-state index is 0.0107. The van der Waals surface area contributed by atoms with Crippen LogP contribution in [0, 0.1) is 0 Å². The number of nitrogens with zero attached hydrogens (tertiary/aromatic N) is 2. The van der Waals surface area contributed by atoms with Crippen LogP contribution >= 0.6 is 11.6 Å². The van der Waals surface area contributed by atoms with Crippen LogP contribution in [-0.4, -0.2) is 45.7 Å². The first-order chi connectivity index (χ1) is 11.7. The summed E-state index contributed by atoms with van der Waals surface area (Å²) in [4.78, 5) is 29.0. The maximum Gasteiger partial charge on any atom is 0.416 e. The van der Waals surface area contributed by atoms with Crippen molar-refractivity contribution in [2.24, 2.45) is 0 Å². The van der Waals surface area contributed by atoms with Gasteiger partial charge in [0.15, 0.2) is 0 Å². The lowest BCUT2D eigenvalue weighted by Gasteiger charge is -2.27. The average Bonchev–Trinajstić information content (AvgIpc) is 2.90. The molecule has 1 fully saturated rings. The van der Waals surface area contributed by atoms with Crippen LogP contribution in [0.2, 0.25) is 5.15 Å². The lowest BCUT2D eigenvalue weighted by atomic mass is 9.82. The molecule has 0 saturated carbocycles. The number of alkyl halides is 3. The molecule has 2 heterocycles. The molecule has 1 amide bonds. The first kappa shape index (κ1) is 20.3. The van der Waals surface area contributed by atoms with Crippen molar-refractivity contribution in [1.82, 2.24) is 9.88 Å². The van der Waals surface area contributed by atoms with Gasteiger partial charge in [0.05, 0.1) is 11.3 Å². The zero-order valence-electron chi connectivity index (χ0n) is 14.4. The van der Waals surface area contributed by atoms with E-state index in [2.05, 4.69) is 4.98 Å². The highest BCUT2D eigenvalue weighted by Crippen LogP contribution is 2.38. The van der Waals surface area contributed by atoms with Crippen molar-refractivity contribution in [3.63, 3.8) is 0 Å². The third-order valence-electron chi connectivity index (χ3n) is 3.94. The summed E-state index contributed by atoms with van der Waals surface area (Å²) in [7, 11) is 0. The molecule has 2 rings (SSSR count).